The Morgan fingerprint density at radius 3 is 2.50 bits per heavy atom. The summed E-state index contributed by atoms with van der Waals surface area (Å²) >= 11 is 0. The van der Waals surface area contributed by atoms with E-state index in [1.807, 2.05) is 26.8 Å². The second-order valence-corrected chi connectivity index (χ2v) is 7.58. The first-order valence-electron chi connectivity index (χ1n) is 9.06. The molecule has 2 aromatic heterocycles. The Labute approximate surface area is 162 Å². The Balaban J connectivity index is 1.82. The van der Waals surface area contributed by atoms with E-state index in [9.17, 15) is 14.0 Å². The Morgan fingerprint density at radius 2 is 1.86 bits per heavy atom. The van der Waals surface area contributed by atoms with Crippen molar-refractivity contribution in [2.75, 3.05) is 5.32 Å². The third kappa shape index (κ3) is 4.54. The minimum Gasteiger partial charge on any atom is -0.315 e. The van der Waals surface area contributed by atoms with Crippen LogP contribution in [0, 0.1) is 5.82 Å². The number of halogens is 1. The molecule has 0 saturated heterocycles. The highest BCUT2D eigenvalue weighted by Gasteiger charge is 2.21. The summed E-state index contributed by atoms with van der Waals surface area (Å²) in [5.41, 5.74) is 1.07. The molecule has 0 fully saturated rings. The van der Waals surface area contributed by atoms with Gasteiger partial charge < -0.3 is 9.88 Å². The summed E-state index contributed by atoms with van der Waals surface area (Å²) in [5, 5.41) is 7.45. The number of hydrogen-bond donors (Lipinski definition) is 1. The maximum atomic E-state index is 13.3. The predicted molar refractivity (Wildman–Crippen MR) is 106 cm³/mol. The van der Waals surface area contributed by atoms with Gasteiger partial charge in [-0.3, -0.25) is 9.59 Å². The number of aryl methyl sites for hydroxylation is 1. The standard InChI is InChI=1S/C21H23FN4O2/c1-21(2,3)17-14-18(26(24-17)16-9-7-15(22)8-10-16)23-19(27)11-13-25-12-5-4-6-20(25)28/h4-10,12,14H,11,13H2,1-3H3,(H,23,27). The lowest BCUT2D eigenvalue weighted by Crippen LogP contribution is -2.22. The molecule has 0 unspecified atom stereocenters. The summed E-state index contributed by atoms with van der Waals surface area (Å²) < 4.78 is 16.3. The van der Waals surface area contributed by atoms with Gasteiger partial charge >= 0.3 is 0 Å². The van der Waals surface area contributed by atoms with Crippen molar-refractivity contribution in [2.45, 2.75) is 39.2 Å². The van der Waals surface area contributed by atoms with Gasteiger partial charge in [-0.25, -0.2) is 9.07 Å². The fourth-order valence-electron chi connectivity index (χ4n) is 2.69. The van der Waals surface area contributed by atoms with Crippen LogP contribution in [0.1, 0.15) is 32.9 Å². The maximum Gasteiger partial charge on any atom is 0.250 e. The molecule has 0 bridgehead atoms. The molecule has 0 spiro atoms. The number of anilines is 1. The van der Waals surface area contributed by atoms with Crippen molar-refractivity contribution >= 4 is 11.7 Å². The third-order valence-electron chi connectivity index (χ3n) is 4.30. The number of carbonyl (C=O) groups is 1. The van der Waals surface area contributed by atoms with Gasteiger partial charge in [-0.05, 0) is 30.3 Å². The molecule has 3 aromatic rings. The number of pyridine rings is 1. The van der Waals surface area contributed by atoms with Crippen LogP contribution < -0.4 is 10.9 Å². The number of rotatable bonds is 5. The summed E-state index contributed by atoms with van der Waals surface area (Å²) in [7, 11) is 0. The van der Waals surface area contributed by atoms with Gasteiger partial charge in [-0.15, -0.1) is 0 Å². The molecule has 3 rings (SSSR count). The van der Waals surface area contributed by atoms with Gasteiger partial charge in [-0.2, -0.15) is 5.10 Å². The molecule has 28 heavy (non-hydrogen) atoms. The maximum absolute atomic E-state index is 13.3. The van der Waals surface area contributed by atoms with Crippen LogP contribution in [0.5, 0.6) is 0 Å². The first-order chi connectivity index (χ1) is 13.2. The van der Waals surface area contributed by atoms with E-state index in [-0.39, 0.29) is 35.7 Å². The van der Waals surface area contributed by atoms with Gasteiger partial charge in [0, 0.05) is 36.7 Å². The van der Waals surface area contributed by atoms with Crippen molar-refractivity contribution < 1.29 is 9.18 Å². The first kappa shape index (κ1) is 19.5. The second-order valence-electron chi connectivity index (χ2n) is 7.58. The molecule has 6 nitrogen and oxygen atoms in total. The summed E-state index contributed by atoms with van der Waals surface area (Å²) in [5.74, 6) is -0.0766. The summed E-state index contributed by atoms with van der Waals surface area (Å²) in [6, 6.07) is 12.6. The van der Waals surface area contributed by atoms with Gasteiger partial charge in [-0.1, -0.05) is 26.8 Å². The third-order valence-corrected chi connectivity index (χ3v) is 4.30. The molecule has 0 saturated carbocycles. The van der Waals surface area contributed by atoms with E-state index >= 15 is 0 Å². The monoisotopic (exact) mass is 382 g/mol. The highest BCUT2D eigenvalue weighted by molar-refractivity contribution is 5.90. The molecule has 1 amide bonds. The zero-order valence-electron chi connectivity index (χ0n) is 16.1. The number of amides is 1. The Morgan fingerprint density at radius 1 is 1.14 bits per heavy atom. The molecule has 0 aliphatic carbocycles. The Kier molecular flexibility index (Phi) is 5.44. The zero-order chi connectivity index (χ0) is 20.3. The van der Waals surface area contributed by atoms with Crippen LogP contribution in [-0.2, 0) is 16.8 Å². The minimum atomic E-state index is -0.342. The van der Waals surface area contributed by atoms with Crippen LogP contribution in [0.2, 0.25) is 0 Å². The van der Waals surface area contributed by atoms with E-state index in [0.717, 1.165) is 5.69 Å². The number of aromatic nitrogens is 3. The molecule has 0 atom stereocenters. The highest BCUT2D eigenvalue weighted by atomic mass is 19.1. The van der Waals surface area contributed by atoms with Gasteiger partial charge in [0.1, 0.15) is 11.6 Å². The smallest absolute Gasteiger partial charge is 0.250 e. The van der Waals surface area contributed by atoms with Gasteiger partial charge in [0.15, 0.2) is 0 Å². The van der Waals surface area contributed by atoms with Crippen LogP contribution in [0.15, 0.2) is 59.5 Å². The number of benzene rings is 1. The molecule has 2 heterocycles. The fourth-order valence-corrected chi connectivity index (χ4v) is 2.69. The molecule has 1 N–H and O–H groups in total. The van der Waals surface area contributed by atoms with E-state index in [1.165, 1.54) is 22.8 Å². The van der Waals surface area contributed by atoms with Crippen molar-refractivity contribution in [1.82, 2.24) is 14.3 Å². The number of nitrogens with one attached hydrogen (secondary N) is 1. The lowest BCUT2D eigenvalue weighted by atomic mass is 9.92. The highest BCUT2D eigenvalue weighted by Crippen LogP contribution is 2.26. The van der Waals surface area contributed by atoms with E-state index < -0.39 is 0 Å². The van der Waals surface area contributed by atoms with Crippen molar-refractivity contribution in [1.29, 1.82) is 0 Å². The second kappa shape index (κ2) is 7.80. The van der Waals surface area contributed by atoms with E-state index in [0.29, 0.717) is 11.5 Å². The van der Waals surface area contributed by atoms with Gasteiger partial charge in [0.2, 0.25) is 5.91 Å². The van der Waals surface area contributed by atoms with Crippen LogP contribution in [0.25, 0.3) is 5.69 Å². The van der Waals surface area contributed by atoms with Crippen molar-refractivity contribution in [3.05, 3.63) is 76.6 Å². The zero-order valence-corrected chi connectivity index (χ0v) is 16.1. The van der Waals surface area contributed by atoms with Gasteiger partial charge in [0.25, 0.3) is 5.56 Å². The van der Waals surface area contributed by atoms with Crippen molar-refractivity contribution in [3.63, 3.8) is 0 Å². The Hall–Kier alpha value is -3.22. The fraction of sp³-hybridized carbons (Fsp3) is 0.286. The number of nitrogens with zero attached hydrogens (tertiary/aromatic N) is 3. The average Bonchev–Trinajstić information content (AvgIpc) is 3.06. The molecular formula is C21H23FN4O2. The van der Waals surface area contributed by atoms with E-state index in [4.69, 9.17) is 0 Å². The first-order valence-corrected chi connectivity index (χ1v) is 9.06. The largest absolute Gasteiger partial charge is 0.315 e. The lowest BCUT2D eigenvalue weighted by Gasteiger charge is -2.14. The average molecular weight is 382 g/mol. The molecule has 0 radical (unpaired) electrons. The van der Waals surface area contributed by atoms with E-state index in [2.05, 4.69) is 10.4 Å². The van der Waals surface area contributed by atoms with Crippen molar-refractivity contribution in [2.24, 2.45) is 0 Å². The summed E-state index contributed by atoms with van der Waals surface area (Å²) in [4.78, 5) is 24.2. The molecule has 0 aliphatic rings. The van der Waals surface area contributed by atoms with Crippen LogP contribution in [-0.4, -0.2) is 20.3 Å². The molecule has 7 heteroatoms. The lowest BCUT2D eigenvalue weighted by molar-refractivity contribution is -0.116. The summed E-state index contributed by atoms with van der Waals surface area (Å²) in [6.07, 6.45) is 1.79. The quantitative estimate of drug-likeness (QED) is 0.734. The minimum absolute atomic E-state index is 0.142. The molecular weight excluding hydrogens is 359 g/mol. The van der Waals surface area contributed by atoms with Crippen LogP contribution >= 0.6 is 0 Å². The van der Waals surface area contributed by atoms with E-state index in [1.54, 1.807) is 35.1 Å². The molecule has 1 aromatic carbocycles. The number of hydrogen-bond acceptors (Lipinski definition) is 3. The predicted octanol–water partition coefficient (Wildman–Crippen LogP) is 3.50. The topological polar surface area (TPSA) is 68.9 Å². The molecule has 146 valence electrons. The Bertz CT molecular complexity index is 1030. The van der Waals surface area contributed by atoms with Gasteiger partial charge in [0.05, 0.1) is 11.4 Å². The normalized spacial score (nSPS) is 11.4. The molecule has 0 aliphatic heterocycles. The van der Waals surface area contributed by atoms with Crippen molar-refractivity contribution in [3.8, 4) is 5.69 Å². The SMILES string of the molecule is CC(C)(C)c1cc(NC(=O)CCn2ccccc2=O)n(-c2ccc(F)cc2)n1. The number of carbonyl (C=O) groups excluding carboxylic acids is 1. The van der Waals surface area contributed by atoms with Crippen LogP contribution in [0.4, 0.5) is 10.2 Å². The summed E-state index contributed by atoms with van der Waals surface area (Å²) in [6.45, 7) is 6.36. The van der Waals surface area contributed by atoms with Crippen LogP contribution in [0.3, 0.4) is 0 Å².